The number of carbonyl (C=O) groups is 1. The van der Waals surface area contributed by atoms with E-state index in [1.807, 2.05) is 18.2 Å². The van der Waals surface area contributed by atoms with Crippen molar-refractivity contribution in [1.29, 1.82) is 0 Å². The zero-order valence-electron chi connectivity index (χ0n) is 17.0. The SMILES string of the molecule is O=C(NCc1ccncc1)Nc1ccc(S(=O)(=O)c2ccccc2-c2cccnc2)cc1. The van der Waals surface area contributed by atoms with Crippen LogP contribution in [0.5, 0.6) is 0 Å². The molecule has 0 bridgehead atoms. The summed E-state index contributed by atoms with van der Waals surface area (Å²) in [5.74, 6) is 0. The first-order valence-corrected chi connectivity index (χ1v) is 11.3. The Kier molecular flexibility index (Phi) is 6.23. The number of sulfone groups is 1. The molecule has 2 N–H and O–H groups in total. The fourth-order valence-corrected chi connectivity index (χ4v) is 4.65. The minimum absolute atomic E-state index is 0.136. The van der Waals surface area contributed by atoms with Crippen molar-refractivity contribution in [2.24, 2.45) is 0 Å². The first-order valence-electron chi connectivity index (χ1n) is 9.82. The third-order valence-electron chi connectivity index (χ3n) is 4.77. The van der Waals surface area contributed by atoms with Gasteiger partial charge in [-0.15, -0.1) is 0 Å². The van der Waals surface area contributed by atoms with Crippen LogP contribution in [-0.4, -0.2) is 24.4 Å². The molecule has 7 nitrogen and oxygen atoms in total. The van der Waals surface area contributed by atoms with E-state index in [9.17, 15) is 13.2 Å². The molecule has 0 saturated carbocycles. The smallest absolute Gasteiger partial charge is 0.319 e. The van der Waals surface area contributed by atoms with Gasteiger partial charge in [0.2, 0.25) is 9.84 Å². The lowest BCUT2D eigenvalue weighted by molar-refractivity contribution is 0.251. The third kappa shape index (κ3) is 4.81. The Labute approximate surface area is 186 Å². The summed E-state index contributed by atoms with van der Waals surface area (Å²) in [5, 5.41) is 5.44. The van der Waals surface area contributed by atoms with Crippen LogP contribution in [0.15, 0.2) is 107 Å². The minimum Gasteiger partial charge on any atom is -0.334 e. The Morgan fingerprint density at radius 3 is 2.28 bits per heavy atom. The van der Waals surface area contributed by atoms with E-state index in [1.54, 1.807) is 67.3 Å². The topological polar surface area (TPSA) is 101 Å². The Balaban J connectivity index is 1.50. The van der Waals surface area contributed by atoms with Crippen molar-refractivity contribution in [1.82, 2.24) is 15.3 Å². The Bertz CT molecular complexity index is 1310. The lowest BCUT2D eigenvalue weighted by atomic mass is 10.1. The summed E-state index contributed by atoms with van der Waals surface area (Å²) >= 11 is 0. The number of benzene rings is 2. The molecule has 2 aromatic heterocycles. The van der Waals surface area contributed by atoms with Crippen LogP contribution in [0.2, 0.25) is 0 Å². The van der Waals surface area contributed by atoms with Crippen molar-refractivity contribution >= 4 is 21.6 Å². The molecule has 8 heteroatoms. The number of aromatic nitrogens is 2. The maximum Gasteiger partial charge on any atom is 0.319 e. The Morgan fingerprint density at radius 1 is 0.812 bits per heavy atom. The molecule has 4 rings (SSSR count). The average molecular weight is 445 g/mol. The van der Waals surface area contributed by atoms with Gasteiger partial charge >= 0.3 is 6.03 Å². The van der Waals surface area contributed by atoms with Gasteiger partial charge < -0.3 is 10.6 Å². The minimum atomic E-state index is -3.77. The lowest BCUT2D eigenvalue weighted by Crippen LogP contribution is -2.28. The molecule has 2 aromatic carbocycles. The predicted molar refractivity (Wildman–Crippen MR) is 122 cm³/mol. The van der Waals surface area contributed by atoms with Gasteiger partial charge in [0.1, 0.15) is 0 Å². The van der Waals surface area contributed by atoms with E-state index < -0.39 is 9.84 Å². The van der Waals surface area contributed by atoms with Gasteiger partial charge in [0.15, 0.2) is 0 Å². The van der Waals surface area contributed by atoms with E-state index >= 15 is 0 Å². The molecule has 0 atom stereocenters. The zero-order chi connectivity index (χ0) is 22.4. The van der Waals surface area contributed by atoms with E-state index in [4.69, 9.17) is 0 Å². The highest BCUT2D eigenvalue weighted by Crippen LogP contribution is 2.31. The second-order valence-electron chi connectivity index (χ2n) is 6.93. The van der Waals surface area contributed by atoms with Gasteiger partial charge in [-0.25, -0.2) is 13.2 Å². The number of rotatable bonds is 6. The van der Waals surface area contributed by atoms with Crippen LogP contribution in [-0.2, 0) is 16.4 Å². The lowest BCUT2D eigenvalue weighted by Gasteiger charge is -2.12. The fraction of sp³-hybridized carbons (Fsp3) is 0.0417. The van der Waals surface area contributed by atoms with Crippen molar-refractivity contribution in [2.75, 3.05) is 5.32 Å². The van der Waals surface area contributed by atoms with Gasteiger partial charge in [0, 0.05) is 48.1 Å². The molecule has 2 amide bonds. The summed E-state index contributed by atoms with van der Waals surface area (Å²) < 4.78 is 26.6. The second-order valence-corrected chi connectivity index (χ2v) is 8.85. The summed E-state index contributed by atoms with van der Waals surface area (Å²) in [5.41, 5.74) is 2.70. The van der Waals surface area contributed by atoms with Gasteiger partial charge in [-0.2, -0.15) is 0 Å². The van der Waals surface area contributed by atoms with Crippen molar-refractivity contribution in [3.8, 4) is 11.1 Å². The number of hydrogen-bond donors (Lipinski definition) is 2. The standard InChI is InChI=1S/C24H20N4O3S/c29-24(27-16-18-11-14-25-15-12-18)28-20-7-9-21(10-8-20)32(30,31)23-6-2-1-5-22(23)19-4-3-13-26-17-19/h1-15,17H,16H2,(H2,27,28,29). The van der Waals surface area contributed by atoms with E-state index in [-0.39, 0.29) is 15.8 Å². The fourth-order valence-electron chi connectivity index (χ4n) is 3.16. The van der Waals surface area contributed by atoms with Gasteiger partial charge in [-0.1, -0.05) is 24.3 Å². The molecule has 4 aromatic rings. The number of anilines is 1. The number of urea groups is 1. The maximum atomic E-state index is 13.3. The maximum absolute atomic E-state index is 13.3. The zero-order valence-corrected chi connectivity index (χ0v) is 17.8. The predicted octanol–water partition coefficient (Wildman–Crippen LogP) is 4.30. The molecule has 0 aliphatic rings. The molecule has 0 aliphatic heterocycles. The second kappa shape index (κ2) is 9.40. The Hall–Kier alpha value is -4.04. The molecular weight excluding hydrogens is 424 g/mol. The molecule has 160 valence electrons. The summed E-state index contributed by atoms with van der Waals surface area (Å²) in [6, 6.07) is 19.7. The Morgan fingerprint density at radius 2 is 1.56 bits per heavy atom. The molecule has 2 heterocycles. The normalized spacial score (nSPS) is 11.0. The molecule has 0 saturated heterocycles. The number of nitrogens with one attached hydrogen (secondary N) is 2. The van der Waals surface area contributed by atoms with Crippen molar-refractivity contribution in [3.63, 3.8) is 0 Å². The largest absolute Gasteiger partial charge is 0.334 e. The number of nitrogens with zero attached hydrogens (tertiary/aromatic N) is 2. The number of pyridine rings is 2. The van der Waals surface area contributed by atoms with Crippen LogP contribution in [0.1, 0.15) is 5.56 Å². The summed E-state index contributed by atoms with van der Waals surface area (Å²) in [7, 11) is -3.77. The summed E-state index contributed by atoms with van der Waals surface area (Å²) in [6.07, 6.45) is 6.58. The van der Waals surface area contributed by atoms with E-state index in [0.717, 1.165) is 11.1 Å². The van der Waals surface area contributed by atoms with Crippen LogP contribution >= 0.6 is 0 Å². The molecule has 0 fully saturated rings. The van der Waals surface area contributed by atoms with Gasteiger partial charge in [0.05, 0.1) is 9.79 Å². The first kappa shape index (κ1) is 21.2. The van der Waals surface area contributed by atoms with Crippen molar-refractivity contribution in [2.45, 2.75) is 16.3 Å². The highest BCUT2D eigenvalue weighted by Gasteiger charge is 2.21. The molecule has 0 radical (unpaired) electrons. The van der Waals surface area contributed by atoms with Crippen LogP contribution < -0.4 is 10.6 Å². The molecular formula is C24H20N4O3S. The molecule has 32 heavy (non-hydrogen) atoms. The van der Waals surface area contributed by atoms with Crippen molar-refractivity contribution < 1.29 is 13.2 Å². The van der Waals surface area contributed by atoms with Gasteiger partial charge in [-0.3, -0.25) is 9.97 Å². The molecule has 0 unspecified atom stereocenters. The van der Waals surface area contributed by atoms with Crippen molar-refractivity contribution in [3.05, 3.63) is 103 Å². The van der Waals surface area contributed by atoms with Crippen LogP contribution in [0, 0.1) is 0 Å². The molecule has 0 spiro atoms. The van der Waals surface area contributed by atoms with Gasteiger partial charge in [-0.05, 0) is 54.1 Å². The average Bonchev–Trinajstić information content (AvgIpc) is 2.84. The quantitative estimate of drug-likeness (QED) is 0.462. The summed E-state index contributed by atoms with van der Waals surface area (Å²) in [6.45, 7) is 0.353. The van der Waals surface area contributed by atoms with Crippen LogP contribution in [0.4, 0.5) is 10.5 Å². The molecule has 0 aliphatic carbocycles. The first-order chi connectivity index (χ1) is 15.5. The highest BCUT2D eigenvalue weighted by molar-refractivity contribution is 7.91. The van der Waals surface area contributed by atoms with E-state index in [0.29, 0.717) is 17.8 Å². The van der Waals surface area contributed by atoms with Crippen LogP contribution in [0.25, 0.3) is 11.1 Å². The number of carbonyl (C=O) groups excluding carboxylic acids is 1. The monoisotopic (exact) mass is 444 g/mol. The summed E-state index contributed by atoms with van der Waals surface area (Å²) in [4.78, 5) is 20.5. The van der Waals surface area contributed by atoms with E-state index in [2.05, 4.69) is 20.6 Å². The number of hydrogen-bond acceptors (Lipinski definition) is 5. The third-order valence-corrected chi connectivity index (χ3v) is 6.60. The van der Waals surface area contributed by atoms with Gasteiger partial charge in [0.25, 0.3) is 0 Å². The van der Waals surface area contributed by atoms with E-state index in [1.165, 1.54) is 12.1 Å². The van der Waals surface area contributed by atoms with Crippen LogP contribution in [0.3, 0.4) is 0 Å². The number of amides is 2. The highest BCUT2D eigenvalue weighted by atomic mass is 32.2.